The fourth-order valence-corrected chi connectivity index (χ4v) is 2.00. The topological polar surface area (TPSA) is 89.3 Å². The summed E-state index contributed by atoms with van der Waals surface area (Å²) in [6, 6.07) is 7.45. The van der Waals surface area contributed by atoms with E-state index in [2.05, 4.69) is 16.1 Å². The van der Waals surface area contributed by atoms with E-state index >= 15 is 0 Å². The Morgan fingerprint density at radius 3 is 2.24 bits per heavy atom. The van der Waals surface area contributed by atoms with E-state index < -0.39 is 18.3 Å². The quantitative estimate of drug-likeness (QED) is 0.212. The molecule has 2 rings (SSSR count). The maximum atomic E-state index is 13.0. The van der Waals surface area contributed by atoms with Gasteiger partial charge in [0.15, 0.2) is 0 Å². The largest absolute Gasteiger partial charge is 0.473 e. The molecule has 162 valence electrons. The molecule has 0 spiro atoms. The second-order valence-electron chi connectivity index (χ2n) is 4.86. The summed E-state index contributed by atoms with van der Waals surface area (Å²) in [4.78, 5) is 12.3. The number of halogens is 5. The highest BCUT2D eigenvalue weighted by Crippen LogP contribution is 2.31. The molecule has 0 aliphatic carbocycles. The lowest BCUT2D eigenvalue weighted by atomic mass is 10.1. The van der Waals surface area contributed by atoms with Crippen LogP contribution in [0.1, 0.15) is 37.1 Å². The van der Waals surface area contributed by atoms with Crippen molar-refractivity contribution in [1.29, 1.82) is 0 Å². The summed E-state index contributed by atoms with van der Waals surface area (Å²) in [6.07, 6.45) is -6.92. The minimum absolute atomic E-state index is 0.171. The molecule has 1 heterocycles. The molecule has 0 fully saturated rings. The lowest BCUT2D eigenvalue weighted by molar-refractivity contribution is -0.141. The molecule has 0 saturated heterocycles. The number of carbonyl (C=O) groups excluding carboxylic acids is 1. The first-order valence-electron chi connectivity index (χ1n) is 8.39. The van der Waals surface area contributed by atoms with Gasteiger partial charge < -0.3 is 10.1 Å². The van der Waals surface area contributed by atoms with Gasteiger partial charge in [0.1, 0.15) is 12.3 Å². The van der Waals surface area contributed by atoms with Crippen LogP contribution in [0.2, 0.25) is 0 Å². The maximum absolute atomic E-state index is 13.0. The number of alkyl halides is 5. The third-order valence-electron chi connectivity index (χ3n) is 3.16. The maximum Gasteiger partial charge on any atom is 0.433 e. The molecule has 1 amide bonds. The smallest absolute Gasteiger partial charge is 0.433 e. The lowest BCUT2D eigenvalue weighted by Crippen LogP contribution is -2.18. The molecule has 6 nitrogen and oxygen atoms in total. The van der Waals surface area contributed by atoms with Gasteiger partial charge in [-0.3, -0.25) is 10.2 Å². The van der Waals surface area contributed by atoms with E-state index in [1.54, 1.807) is 18.5 Å². The van der Waals surface area contributed by atoms with Crippen LogP contribution in [0.25, 0.3) is 0 Å². The van der Waals surface area contributed by atoms with E-state index in [0.717, 1.165) is 12.1 Å². The predicted molar refractivity (Wildman–Crippen MR) is 99.3 cm³/mol. The van der Waals surface area contributed by atoms with E-state index in [1.807, 2.05) is 13.8 Å². The molecule has 0 aliphatic rings. The van der Waals surface area contributed by atoms with Crippen LogP contribution in [-0.4, -0.2) is 18.4 Å². The van der Waals surface area contributed by atoms with Crippen molar-refractivity contribution in [2.45, 2.75) is 33.1 Å². The van der Waals surface area contributed by atoms with Gasteiger partial charge in [-0.1, -0.05) is 32.0 Å². The average Bonchev–Trinajstić information content (AvgIpc) is 2.73. The van der Waals surface area contributed by atoms with Gasteiger partial charge in [-0.05, 0) is 12.1 Å². The van der Waals surface area contributed by atoms with E-state index in [0.29, 0.717) is 12.1 Å². The van der Waals surface area contributed by atoms with E-state index in [1.165, 1.54) is 18.2 Å². The normalized spacial score (nSPS) is 10.1. The van der Waals surface area contributed by atoms with E-state index in [4.69, 9.17) is 9.53 Å². The van der Waals surface area contributed by atoms with Gasteiger partial charge in [-0.25, -0.2) is 19.6 Å². The molecule has 1 aromatic heterocycles. The van der Waals surface area contributed by atoms with Gasteiger partial charge in [0.05, 0.1) is 0 Å². The molecular weight excluding hydrogens is 399 g/mol. The molecule has 0 radical (unpaired) electrons. The Bertz CT molecular complexity index is 742. The molecular formula is C18H23F5N4O2. The number of nitrogens with one attached hydrogen (secondary N) is 2. The number of aromatic nitrogens is 1. The summed E-state index contributed by atoms with van der Waals surface area (Å²) < 4.78 is 69.0. The summed E-state index contributed by atoms with van der Waals surface area (Å²) in [5, 5.41) is 2.75. The molecule has 0 bridgehead atoms. The number of nitrogens with zero attached hydrogens (tertiary/aromatic N) is 1. The Morgan fingerprint density at radius 2 is 1.76 bits per heavy atom. The lowest BCUT2D eigenvalue weighted by Gasteiger charge is -2.15. The third kappa shape index (κ3) is 8.73. The Labute approximate surface area is 165 Å². The summed E-state index contributed by atoms with van der Waals surface area (Å²) in [6.45, 7) is 3.67. The first-order chi connectivity index (χ1) is 13.7. The number of nitrogens with two attached hydrogens (primary N) is 1. The molecule has 1 aromatic carbocycles. The second-order valence-corrected chi connectivity index (χ2v) is 4.86. The van der Waals surface area contributed by atoms with Crippen LogP contribution in [-0.2, 0) is 17.6 Å². The number of ether oxygens (including phenoxy) is 1. The number of hydrogen-bond donors (Lipinski definition) is 3. The minimum atomic E-state index is -4.60. The monoisotopic (exact) mass is 422 g/mol. The van der Waals surface area contributed by atoms with Gasteiger partial charge in [-0.2, -0.15) is 13.2 Å². The van der Waals surface area contributed by atoms with Crippen LogP contribution < -0.4 is 21.3 Å². The van der Waals surface area contributed by atoms with Crippen LogP contribution in [0.5, 0.6) is 5.88 Å². The van der Waals surface area contributed by atoms with Crippen molar-refractivity contribution in [2.24, 2.45) is 5.84 Å². The number of amides is 1. The number of rotatable bonds is 6. The first kappa shape index (κ1) is 26.1. The zero-order chi connectivity index (χ0) is 22.4. The van der Waals surface area contributed by atoms with Gasteiger partial charge >= 0.3 is 6.18 Å². The van der Waals surface area contributed by atoms with Crippen LogP contribution in [0, 0.1) is 0 Å². The average molecular weight is 422 g/mol. The highest BCUT2D eigenvalue weighted by Gasteiger charge is 2.32. The number of hydrogen-bond acceptors (Lipinski definition) is 5. The van der Waals surface area contributed by atoms with Gasteiger partial charge in [0, 0.05) is 29.9 Å². The summed E-state index contributed by atoms with van der Waals surface area (Å²) in [5.41, 5.74) is 0.980. The Balaban J connectivity index is 0.00000116. The molecule has 0 aliphatic heterocycles. The Kier molecular flexibility index (Phi) is 11.9. The van der Waals surface area contributed by atoms with Gasteiger partial charge in [0.25, 0.3) is 6.43 Å². The van der Waals surface area contributed by atoms with Gasteiger partial charge in [0.2, 0.25) is 12.3 Å². The third-order valence-corrected chi connectivity index (χ3v) is 3.16. The SMILES string of the molecule is CC.CNc1cccc(C(F)F)c1COc1cccc(C(F)(F)F)n1.NNC=O. The Morgan fingerprint density at radius 1 is 1.17 bits per heavy atom. The van der Waals surface area contributed by atoms with Crippen molar-refractivity contribution in [3.05, 3.63) is 53.2 Å². The zero-order valence-electron chi connectivity index (χ0n) is 16.1. The number of anilines is 1. The molecule has 0 unspecified atom stereocenters. The number of benzene rings is 1. The minimum Gasteiger partial charge on any atom is -0.473 e. The van der Waals surface area contributed by atoms with Crippen LogP contribution in [0.15, 0.2) is 36.4 Å². The van der Waals surface area contributed by atoms with E-state index in [9.17, 15) is 22.0 Å². The number of carbonyl (C=O) groups is 1. The predicted octanol–water partition coefficient (Wildman–Crippen LogP) is 4.29. The molecule has 0 saturated carbocycles. The highest BCUT2D eigenvalue weighted by molar-refractivity contribution is 5.54. The summed E-state index contributed by atoms with van der Waals surface area (Å²) in [7, 11) is 1.55. The molecule has 2 aromatic rings. The van der Waals surface area contributed by atoms with Crippen molar-refractivity contribution in [2.75, 3.05) is 12.4 Å². The van der Waals surface area contributed by atoms with Crippen molar-refractivity contribution >= 4 is 12.1 Å². The van der Waals surface area contributed by atoms with Crippen molar-refractivity contribution in [3.8, 4) is 5.88 Å². The number of pyridine rings is 1. The van der Waals surface area contributed by atoms with Crippen LogP contribution >= 0.6 is 0 Å². The molecule has 11 heteroatoms. The Hall–Kier alpha value is -2.95. The standard InChI is InChI=1S/C15H13F5N2O.C2H6.CH4N2O/c1-21-11-5-2-4-9(14(16)17)10(11)8-23-13-7-3-6-12(22-13)15(18,19)20;1-2;2-3-1-4/h2-7,14,21H,8H2,1H3;1-2H3;1H,2H2,(H,3,4). The summed E-state index contributed by atoms with van der Waals surface area (Å²) in [5.74, 6) is 4.12. The van der Waals surface area contributed by atoms with Crippen LogP contribution in [0.4, 0.5) is 27.6 Å². The van der Waals surface area contributed by atoms with Crippen molar-refractivity contribution in [3.63, 3.8) is 0 Å². The fourth-order valence-electron chi connectivity index (χ4n) is 2.00. The highest BCUT2D eigenvalue weighted by atomic mass is 19.4. The van der Waals surface area contributed by atoms with Crippen LogP contribution in [0.3, 0.4) is 0 Å². The zero-order valence-corrected chi connectivity index (χ0v) is 16.1. The molecule has 4 N–H and O–H groups in total. The van der Waals surface area contributed by atoms with E-state index in [-0.39, 0.29) is 23.6 Å². The van der Waals surface area contributed by atoms with Gasteiger partial charge in [-0.15, -0.1) is 0 Å². The van der Waals surface area contributed by atoms with Crippen molar-refractivity contribution < 1.29 is 31.5 Å². The fraction of sp³-hybridized carbons (Fsp3) is 0.333. The molecule has 0 atom stereocenters. The first-order valence-corrected chi connectivity index (χ1v) is 8.39. The number of hydrazine groups is 1. The van der Waals surface area contributed by atoms with Crippen molar-refractivity contribution in [1.82, 2.24) is 10.4 Å². The molecule has 29 heavy (non-hydrogen) atoms. The summed E-state index contributed by atoms with van der Waals surface area (Å²) >= 11 is 0. The second kappa shape index (κ2) is 13.3.